The van der Waals surface area contributed by atoms with Crippen LogP contribution in [0.1, 0.15) is 56.9 Å². The molecule has 7 heteroatoms. The van der Waals surface area contributed by atoms with Crippen LogP contribution in [-0.4, -0.2) is 29.4 Å². The van der Waals surface area contributed by atoms with Crippen LogP contribution in [0.5, 0.6) is 0 Å². The number of carbonyl (C=O) groups is 1. The minimum absolute atomic E-state index is 0. The third-order valence-corrected chi connectivity index (χ3v) is 7.36. The van der Waals surface area contributed by atoms with Gasteiger partial charge in [0, 0.05) is 53.8 Å². The molecule has 1 aromatic heterocycles. The summed E-state index contributed by atoms with van der Waals surface area (Å²) < 4.78 is 30.3. The summed E-state index contributed by atoms with van der Waals surface area (Å²) in [5.74, 6) is -1.32. The Morgan fingerprint density at radius 1 is 1.13 bits per heavy atom. The molecule has 0 radical (unpaired) electrons. The molecular formula is C24H32BrClF2N2O. The second-order valence-corrected chi connectivity index (χ2v) is 10.1. The van der Waals surface area contributed by atoms with Gasteiger partial charge in [0.1, 0.15) is 5.78 Å². The molecule has 2 heterocycles. The van der Waals surface area contributed by atoms with Crippen molar-refractivity contribution in [3.8, 4) is 0 Å². The number of nitrogens with one attached hydrogen (secondary N) is 1. The maximum Gasteiger partial charge on any atom is 0.248 e. The molecule has 2 aliphatic rings. The molecular weight excluding hydrogens is 486 g/mol. The molecule has 0 atom stereocenters. The standard InChI is InChI=1S/C24H31BrF2N2O.ClH/c25-20-2-4-23-22(14-20)19(1-3-21(30)13-17-7-11-28-12-8-17)16-29(23)15-18-5-9-24(26,27)10-6-18;/h2,4,14,16-18,28H,1,3,5-13,15H2;1H. The largest absolute Gasteiger partial charge is 0.347 e. The lowest BCUT2D eigenvalue weighted by Crippen LogP contribution is -2.28. The van der Waals surface area contributed by atoms with Crippen molar-refractivity contribution in [3.63, 3.8) is 0 Å². The highest BCUT2D eigenvalue weighted by Gasteiger charge is 2.35. The first-order valence-electron chi connectivity index (χ1n) is 11.3. The number of aryl methyl sites for hydroxylation is 1. The van der Waals surface area contributed by atoms with Gasteiger partial charge in [-0.1, -0.05) is 15.9 Å². The van der Waals surface area contributed by atoms with Gasteiger partial charge in [-0.2, -0.15) is 0 Å². The minimum atomic E-state index is -2.49. The third kappa shape index (κ3) is 6.52. The Hall–Kier alpha value is -0.980. The van der Waals surface area contributed by atoms with E-state index in [9.17, 15) is 13.6 Å². The van der Waals surface area contributed by atoms with Crippen molar-refractivity contribution in [2.45, 2.75) is 70.3 Å². The zero-order valence-corrected chi connectivity index (χ0v) is 20.2. The quantitative estimate of drug-likeness (QED) is 0.452. The monoisotopic (exact) mass is 516 g/mol. The molecule has 3 nitrogen and oxygen atoms in total. The number of nitrogens with zero attached hydrogens (tertiary/aromatic N) is 1. The molecule has 1 saturated heterocycles. The number of ketones is 1. The van der Waals surface area contributed by atoms with Crippen molar-refractivity contribution in [1.82, 2.24) is 9.88 Å². The fourth-order valence-corrected chi connectivity index (χ4v) is 5.40. The highest BCUT2D eigenvalue weighted by Crippen LogP contribution is 2.37. The average Bonchev–Trinajstić information content (AvgIpc) is 3.05. The summed E-state index contributed by atoms with van der Waals surface area (Å²) in [6.45, 7) is 2.82. The summed E-state index contributed by atoms with van der Waals surface area (Å²) in [5.41, 5.74) is 2.32. The molecule has 1 aliphatic heterocycles. The zero-order valence-electron chi connectivity index (χ0n) is 17.8. The van der Waals surface area contributed by atoms with Crippen LogP contribution in [0.25, 0.3) is 10.9 Å². The predicted octanol–water partition coefficient (Wildman–Crippen LogP) is 6.54. The van der Waals surface area contributed by atoms with E-state index < -0.39 is 5.92 Å². The summed E-state index contributed by atoms with van der Waals surface area (Å²) >= 11 is 3.57. The first-order valence-corrected chi connectivity index (χ1v) is 12.1. The molecule has 0 spiro atoms. The van der Waals surface area contributed by atoms with Gasteiger partial charge in [0.15, 0.2) is 0 Å². The number of benzene rings is 1. The van der Waals surface area contributed by atoms with Gasteiger partial charge < -0.3 is 9.88 Å². The number of piperidine rings is 1. The maximum absolute atomic E-state index is 13.5. The van der Waals surface area contributed by atoms with Crippen LogP contribution >= 0.6 is 28.3 Å². The Kier molecular flexibility index (Phi) is 8.56. The molecule has 2 fully saturated rings. The van der Waals surface area contributed by atoms with Crippen LogP contribution in [0, 0.1) is 11.8 Å². The second kappa shape index (κ2) is 10.8. The normalized spacial score (nSPS) is 20.0. The van der Waals surface area contributed by atoms with Crippen molar-refractivity contribution in [1.29, 1.82) is 0 Å². The molecule has 2 aromatic rings. The molecule has 172 valence electrons. The van der Waals surface area contributed by atoms with E-state index in [1.165, 1.54) is 10.9 Å². The van der Waals surface area contributed by atoms with Gasteiger partial charge in [-0.25, -0.2) is 8.78 Å². The minimum Gasteiger partial charge on any atom is -0.347 e. The first-order chi connectivity index (χ1) is 14.4. The van der Waals surface area contributed by atoms with Gasteiger partial charge in [0.2, 0.25) is 5.92 Å². The lowest BCUT2D eigenvalue weighted by Gasteiger charge is -2.28. The smallest absolute Gasteiger partial charge is 0.248 e. The Morgan fingerprint density at radius 3 is 2.55 bits per heavy atom. The fourth-order valence-electron chi connectivity index (χ4n) is 5.04. The Morgan fingerprint density at radius 2 is 1.84 bits per heavy atom. The van der Waals surface area contributed by atoms with E-state index in [4.69, 9.17) is 0 Å². The molecule has 0 unspecified atom stereocenters. The van der Waals surface area contributed by atoms with Gasteiger partial charge in [-0.05, 0) is 80.8 Å². The van der Waals surface area contributed by atoms with Crippen molar-refractivity contribution < 1.29 is 13.6 Å². The summed E-state index contributed by atoms with van der Waals surface area (Å²) in [6, 6.07) is 6.24. The summed E-state index contributed by atoms with van der Waals surface area (Å²) in [7, 11) is 0. The van der Waals surface area contributed by atoms with Gasteiger partial charge in [0.25, 0.3) is 0 Å². The zero-order chi connectivity index (χ0) is 21.1. The number of carbonyl (C=O) groups excluding carboxylic acids is 1. The Bertz CT molecular complexity index is 885. The molecule has 1 N–H and O–H groups in total. The van der Waals surface area contributed by atoms with Gasteiger partial charge in [-0.15, -0.1) is 12.4 Å². The van der Waals surface area contributed by atoms with Gasteiger partial charge in [-0.3, -0.25) is 4.79 Å². The molecule has 0 bridgehead atoms. The van der Waals surface area contributed by atoms with Crippen molar-refractivity contribution in [2.75, 3.05) is 13.1 Å². The number of aromatic nitrogens is 1. The van der Waals surface area contributed by atoms with Gasteiger partial charge in [0.05, 0.1) is 0 Å². The molecule has 1 aromatic carbocycles. The number of hydrogen-bond donors (Lipinski definition) is 1. The van der Waals surface area contributed by atoms with Crippen LogP contribution < -0.4 is 5.32 Å². The van der Waals surface area contributed by atoms with Crippen molar-refractivity contribution >= 4 is 45.0 Å². The maximum atomic E-state index is 13.5. The predicted molar refractivity (Wildman–Crippen MR) is 127 cm³/mol. The number of halogens is 4. The summed E-state index contributed by atoms with van der Waals surface area (Å²) in [5, 5.41) is 4.52. The summed E-state index contributed by atoms with van der Waals surface area (Å²) in [6.07, 6.45) is 7.51. The third-order valence-electron chi connectivity index (χ3n) is 6.87. The highest BCUT2D eigenvalue weighted by molar-refractivity contribution is 9.10. The van der Waals surface area contributed by atoms with Crippen LogP contribution in [0.4, 0.5) is 8.78 Å². The molecule has 0 amide bonds. The lowest BCUT2D eigenvalue weighted by atomic mass is 9.87. The molecule has 1 aliphatic carbocycles. The number of alkyl halides is 2. The average molecular weight is 518 g/mol. The lowest BCUT2D eigenvalue weighted by molar-refractivity contribution is -0.120. The number of rotatable bonds is 7. The van der Waals surface area contributed by atoms with E-state index in [1.54, 1.807) is 0 Å². The van der Waals surface area contributed by atoms with E-state index >= 15 is 0 Å². The van der Waals surface area contributed by atoms with Crippen LogP contribution in [-0.2, 0) is 17.8 Å². The number of Topliss-reactive ketones (excluding diaryl/α,β-unsaturated/α-hetero) is 1. The molecule has 1 saturated carbocycles. The van der Waals surface area contributed by atoms with Crippen LogP contribution in [0.2, 0.25) is 0 Å². The van der Waals surface area contributed by atoms with Crippen LogP contribution in [0.15, 0.2) is 28.9 Å². The van der Waals surface area contributed by atoms with E-state index in [1.807, 2.05) is 6.07 Å². The Balaban J connectivity index is 0.00000272. The van der Waals surface area contributed by atoms with Crippen molar-refractivity contribution in [2.24, 2.45) is 11.8 Å². The fraction of sp³-hybridized carbons (Fsp3) is 0.625. The van der Waals surface area contributed by atoms with E-state index in [0.29, 0.717) is 43.3 Å². The van der Waals surface area contributed by atoms with E-state index in [2.05, 4.69) is 44.1 Å². The SMILES string of the molecule is Cl.O=C(CCc1cn(CC2CCC(F)(F)CC2)c2ccc(Br)cc12)CC1CCNCC1. The Labute approximate surface area is 197 Å². The second-order valence-electron chi connectivity index (χ2n) is 9.20. The van der Waals surface area contributed by atoms with Crippen LogP contribution in [0.3, 0.4) is 0 Å². The van der Waals surface area contributed by atoms with Gasteiger partial charge >= 0.3 is 0 Å². The van der Waals surface area contributed by atoms with Crippen molar-refractivity contribution in [3.05, 3.63) is 34.4 Å². The topological polar surface area (TPSA) is 34.0 Å². The molecule has 31 heavy (non-hydrogen) atoms. The first kappa shape index (κ1) is 24.7. The summed E-state index contributed by atoms with van der Waals surface area (Å²) in [4.78, 5) is 12.6. The number of hydrogen-bond acceptors (Lipinski definition) is 2. The van der Waals surface area contributed by atoms with E-state index in [-0.39, 0.29) is 25.2 Å². The van der Waals surface area contributed by atoms with E-state index in [0.717, 1.165) is 48.9 Å². The molecule has 4 rings (SSSR count). The number of fused-ring (bicyclic) bond motifs is 1. The highest BCUT2D eigenvalue weighted by atomic mass is 79.9.